The Morgan fingerprint density at radius 1 is 1.13 bits per heavy atom. The molecule has 0 amide bonds. The molecule has 0 aliphatic carbocycles. The van der Waals surface area contributed by atoms with Crippen molar-refractivity contribution >= 4 is 11.8 Å². The molecule has 0 aliphatic rings. The fraction of sp³-hybridized carbons (Fsp3) is 0.273. The first-order chi connectivity index (χ1) is 14.6. The van der Waals surface area contributed by atoms with Crippen LogP contribution in [0.1, 0.15) is 48.3 Å². The van der Waals surface area contributed by atoms with Gasteiger partial charge in [-0.05, 0) is 31.2 Å². The standard InChI is InChI=1S/C22H22N6OS/c1-15(2)21-24-25-22(27(21)13-18-10-7-11-29-18)30-14-20-19(12-23)16(3)26-28(20)17-8-5-4-6-9-17/h4-11,15H,13-14H2,1-3H3. The van der Waals surface area contributed by atoms with Gasteiger partial charge >= 0.3 is 0 Å². The van der Waals surface area contributed by atoms with Crippen LogP contribution in [0.15, 0.2) is 58.3 Å². The maximum Gasteiger partial charge on any atom is 0.192 e. The van der Waals surface area contributed by atoms with Crippen molar-refractivity contribution in [2.24, 2.45) is 0 Å². The lowest BCUT2D eigenvalue weighted by atomic mass is 10.2. The molecule has 0 aliphatic heterocycles. The van der Waals surface area contributed by atoms with E-state index in [1.54, 1.807) is 18.0 Å². The minimum atomic E-state index is 0.230. The number of aryl methyl sites for hydroxylation is 1. The minimum Gasteiger partial charge on any atom is -0.467 e. The van der Waals surface area contributed by atoms with E-state index < -0.39 is 0 Å². The zero-order chi connectivity index (χ0) is 21.1. The fourth-order valence-corrected chi connectivity index (χ4v) is 4.26. The maximum absolute atomic E-state index is 9.70. The first-order valence-corrected chi connectivity index (χ1v) is 10.7. The highest BCUT2D eigenvalue weighted by Crippen LogP contribution is 2.29. The van der Waals surface area contributed by atoms with Gasteiger partial charge < -0.3 is 4.42 Å². The Labute approximate surface area is 179 Å². The molecule has 0 atom stereocenters. The molecule has 0 fully saturated rings. The predicted octanol–water partition coefficient (Wildman–Crippen LogP) is 4.70. The average molecular weight is 419 g/mol. The Morgan fingerprint density at radius 2 is 1.93 bits per heavy atom. The molecule has 4 rings (SSSR count). The molecule has 152 valence electrons. The monoisotopic (exact) mass is 418 g/mol. The number of benzene rings is 1. The molecule has 7 nitrogen and oxygen atoms in total. The molecule has 0 spiro atoms. The summed E-state index contributed by atoms with van der Waals surface area (Å²) in [5.41, 5.74) is 3.10. The summed E-state index contributed by atoms with van der Waals surface area (Å²) in [5, 5.41) is 23.9. The van der Waals surface area contributed by atoms with E-state index in [-0.39, 0.29) is 5.92 Å². The molecule has 0 saturated heterocycles. The third kappa shape index (κ3) is 3.89. The summed E-state index contributed by atoms with van der Waals surface area (Å²) in [6.45, 7) is 6.62. The predicted molar refractivity (Wildman–Crippen MR) is 114 cm³/mol. The van der Waals surface area contributed by atoms with Gasteiger partial charge in [0.2, 0.25) is 0 Å². The maximum atomic E-state index is 9.70. The van der Waals surface area contributed by atoms with E-state index in [1.165, 1.54) is 0 Å². The Morgan fingerprint density at radius 3 is 2.60 bits per heavy atom. The van der Waals surface area contributed by atoms with Crippen molar-refractivity contribution in [3.63, 3.8) is 0 Å². The molecule has 3 aromatic heterocycles. The minimum absolute atomic E-state index is 0.230. The fourth-order valence-electron chi connectivity index (χ4n) is 3.31. The number of nitriles is 1. The number of para-hydroxylation sites is 1. The number of thioether (sulfide) groups is 1. The first-order valence-electron chi connectivity index (χ1n) is 9.70. The van der Waals surface area contributed by atoms with E-state index in [0.29, 0.717) is 17.9 Å². The van der Waals surface area contributed by atoms with Crippen LogP contribution in [-0.2, 0) is 12.3 Å². The number of furan rings is 1. The van der Waals surface area contributed by atoms with Gasteiger partial charge in [0.05, 0.1) is 35.4 Å². The Kier molecular flexibility index (Phi) is 5.72. The zero-order valence-electron chi connectivity index (χ0n) is 17.1. The number of nitrogens with zero attached hydrogens (tertiary/aromatic N) is 6. The van der Waals surface area contributed by atoms with Gasteiger partial charge in [0.1, 0.15) is 17.7 Å². The normalized spacial score (nSPS) is 11.2. The van der Waals surface area contributed by atoms with Crippen LogP contribution in [0.5, 0.6) is 0 Å². The molecule has 3 heterocycles. The number of aromatic nitrogens is 5. The van der Waals surface area contributed by atoms with Crippen LogP contribution in [0.3, 0.4) is 0 Å². The van der Waals surface area contributed by atoms with Gasteiger partial charge in [-0.15, -0.1) is 10.2 Å². The van der Waals surface area contributed by atoms with E-state index in [0.717, 1.165) is 33.8 Å². The summed E-state index contributed by atoms with van der Waals surface area (Å²) in [4.78, 5) is 0. The summed E-state index contributed by atoms with van der Waals surface area (Å²) >= 11 is 1.55. The van der Waals surface area contributed by atoms with Crippen LogP contribution in [0.2, 0.25) is 0 Å². The smallest absolute Gasteiger partial charge is 0.192 e. The van der Waals surface area contributed by atoms with Crippen LogP contribution in [0, 0.1) is 18.3 Å². The molecule has 0 bridgehead atoms. The van der Waals surface area contributed by atoms with Crippen LogP contribution >= 0.6 is 11.8 Å². The molecular formula is C22H22N6OS. The molecule has 0 N–H and O–H groups in total. The Bertz CT molecular complexity index is 1170. The zero-order valence-corrected chi connectivity index (χ0v) is 17.9. The third-order valence-electron chi connectivity index (χ3n) is 4.76. The number of hydrogen-bond donors (Lipinski definition) is 0. The van der Waals surface area contributed by atoms with E-state index in [4.69, 9.17) is 4.42 Å². The molecule has 4 aromatic rings. The second-order valence-corrected chi connectivity index (χ2v) is 8.16. The summed E-state index contributed by atoms with van der Waals surface area (Å²) < 4.78 is 9.46. The van der Waals surface area contributed by atoms with Gasteiger partial charge in [0.15, 0.2) is 5.16 Å². The molecular weight excluding hydrogens is 396 g/mol. The van der Waals surface area contributed by atoms with Crippen LogP contribution in [-0.4, -0.2) is 24.5 Å². The molecule has 1 aromatic carbocycles. The van der Waals surface area contributed by atoms with Crippen molar-refractivity contribution in [2.75, 3.05) is 0 Å². The lowest BCUT2D eigenvalue weighted by molar-refractivity contribution is 0.475. The quantitative estimate of drug-likeness (QED) is 0.404. The molecule has 0 radical (unpaired) electrons. The largest absolute Gasteiger partial charge is 0.467 e. The summed E-state index contributed by atoms with van der Waals surface area (Å²) in [7, 11) is 0. The highest BCUT2D eigenvalue weighted by molar-refractivity contribution is 7.98. The van der Waals surface area contributed by atoms with Crippen LogP contribution in [0.25, 0.3) is 5.69 Å². The lowest BCUT2D eigenvalue weighted by Crippen LogP contribution is -2.08. The van der Waals surface area contributed by atoms with E-state index in [1.807, 2.05) is 54.1 Å². The van der Waals surface area contributed by atoms with E-state index in [9.17, 15) is 5.26 Å². The van der Waals surface area contributed by atoms with Crippen molar-refractivity contribution in [3.8, 4) is 11.8 Å². The van der Waals surface area contributed by atoms with Crippen molar-refractivity contribution in [2.45, 2.75) is 44.1 Å². The van der Waals surface area contributed by atoms with Gasteiger partial charge in [-0.2, -0.15) is 10.4 Å². The highest BCUT2D eigenvalue weighted by atomic mass is 32.2. The summed E-state index contributed by atoms with van der Waals surface area (Å²) in [6, 6.07) is 16.0. The average Bonchev–Trinajstić information content (AvgIpc) is 3.47. The highest BCUT2D eigenvalue weighted by Gasteiger charge is 2.20. The van der Waals surface area contributed by atoms with Crippen molar-refractivity contribution < 1.29 is 4.42 Å². The molecule has 8 heteroatoms. The molecule has 30 heavy (non-hydrogen) atoms. The summed E-state index contributed by atoms with van der Waals surface area (Å²) in [6.07, 6.45) is 1.67. The first kappa shape index (κ1) is 20.0. The van der Waals surface area contributed by atoms with Gasteiger partial charge in [-0.3, -0.25) is 4.57 Å². The van der Waals surface area contributed by atoms with Gasteiger partial charge in [0, 0.05) is 11.7 Å². The third-order valence-corrected chi connectivity index (χ3v) is 5.74. The van der Waals surface area contributed by atoms with E-state index in [2.05, 4.69) is 39.8 Å². The number of hydrogen-bond acceptors (Lipinski definition) is 6. The van der Waals surface area contributed by atoms with Gasteiger partial charge in [-0.1, -0.05) is 43.8 Å². The second-order valence-electron chi connectivity index (χ2n) is 7.22. The molecule has 0 saturated carbocycles. The topological polar surface area (TPSA) is 85.5 Å². The van der Waals surface area contributed by atoms with Gasteiger partial charge in [-0.25, -0.2) is 4.68 Å². The van der Waals surface area contributed by atoms with Crippen molar-refractivity contribution in [1.82, 2.24) is 24.5 Å². The Hall–Kier alpha value is -3.31. The Balaban J connectivity index is 1.67. The van der Waals surface area contributed by atoms with Crippen LogP contribution in [0.4, 0.5) is 0 Å². The second kappa shape index (κ2) is 8.59. The van der Waals surface area contributed by atoms with Crippen molar-refractivity contribution in [1.29, 1.82) is 5.26 Å². The van der Waals surface area contributed by atoms with Crippen LogP contribution < -0.4 is 0 Å². The van der Waals surface area contributed by atoms with Crippen molar-refractivity contribution in [3.05, 3.63) is 77.3 Å². The number of rotatable bonds is 7. The SMILES string of the molecule is Cc1nn(-c2ccccc2)c(CSc2nnc(C(C)C)n2Cc2ccco2)c1C#N. The molecule has 0 unspecified atom stereocenters. The van der Waals surface area contributed by atoms with E-state index >= 15 is 0 Å². The summed E-state index contributed by atoms with van der Waals surface area (Å²) in [5.74, 6) is 2.53. The van der Waals surface area contributed by atoms with Gasteiger partial charge in [0.25, 0.3) is 0 Å². The lowest BCUT2D eigenvalue weighted by Gasteiger charge is -2.11.